The Bertz CT molecular complexity index is 1160. The number of imidazole rings is 1. The van der Waals surface area contributed by atoms with E-state index in [2.05, 4.69) is 52.9 Å². The number of hydrogen-bond donors (Lipinski definition) is 0. The van der Waals surface area contributed by atoms with Crippen molar-refractivity contribution in [2.24, 2.45) is 0 Å². The zero-order valence-electron chi connectivity index (χ0n) is 12.7. The predicted octanol–water partition coefficient (Wildman–Crippen LogP) is 4.75. The third kappa shape index (κ3) is 1.62. The van der Waals surface area contributed by atoms with Crippen molar-refractivity contribution < 1.29 is 4.74 Å². The second kappa shape index (κ2) is 4.46. The first-order valence-electron chi connectivity index (χ1n) is 7.62. The van der Waals surface area contributed by atoms with Crippen LogP contribution in [0.3, 0.4) is 0 Å². The molecule has 3 heterocycles. The highest BCUT2D eigenvalue weighted by molar-refractivity contribution is 6.13. The van der Waals surface area contributed by atoms with Crippen LogP contribution in [0.2, 0.25) is 0 Å². The van der Waals surface area contributed by atoms with Crippen LogP contribution >= 0.6 is 0 Å². The minimum Gasteiger partial charge on any atom is -0.497 e. The summed E-state index contributed by atoms with van der Waals surface area (Å²) in [4.78, 5) is 4.88. The minimum atomic E-state index is 0.846. The molecule has 0 N–H and O–H groups in total. The fourth-order valence-corrected chi connectivity index (χ4v) is 3.44. The third-order valence-electron chi connectivity index (χ3n) is 4.44. The number of methoxy groups -OCH3 is 1. The summed E-state index contributed by atoms with van der Waals surface area (Å²) in [5.74, 6) is 0.846. The lowest BCUT2D eigenvalue weighted by Crippen LogP contribution is -1.84. The van der Waals surface area contributed by atoms with Crippen LogP contribution in [0.15, 0.2) is 66.7 Å². The highest BCUT2D eigenvalue weighted by Crippen LogP contribution is 2.37. The van der Waals surface area contributed by atoms with Gasteiger partial charge in [0.1, 0.15) is 11.4 Å². The molecular weight excluding hydrogens is 284 g/mol. The number of aromatic nitrogens is 2. The van der Waals surface area contributed by atoms with Gasteiger partial charge in [-0.3, -0.25) is 4.40 Å². The van der Waals surface area contributed by atoms with E-state index in [9.17, 15) is 0 Å². The predicted molar refractivity (Wildman–Crippen MR) is 93.4 cm³/mol. The van der Waals surface area contributed by atoms with Crippen molar-refractivity contribution in [2.45, 2.75) is 0 Å². The molecule has 0 atom stereocenters. The molecule has 0 spiro atoms. The molecule has 0 aliphatic rings. The molecule has 5 rings (SSSR count). The van der Waals surface area contributed by atoms with Crippen molar-refractivity contribution in [2.75, 3.05) is 7.11 Å². The lowest BCUT2D eigenvalue weighted by molar-refractivity contribution is 0.415. The molecule has 0 aliphatic heterocycles. The maximum atomic E-state index is 5.37. The molecule has 0 radical (unpaired) electrons. The summed E-state index contributed by atoms with van der Waals surface area (Å²) in [5.41, 5.74) is 5.42. The SMILES string of the molecule is COc1cccc(-c2nc3cccc4c5ccccc5c2n34)c1. The Labute approximate surface area is 133 Å². The Morgan fingerprint density at radius 2 is 1.70 bits per heavy atom. The smallest absolute Gasteiger partial charge is 0.138 e. The number of ether oxygens (including phenoxy) is 1. The van der Waals surface area contributed by atoms with Crippen molar-refractivity contribution in [3.63, 3.8) is 0 Å². The zero-order chi connectivity index (χ0) is 15.4. The Kier molecular flexibility index (Phi) is 2.42. The molecule has 2 aromatic carbocycles. The van der Waals surface area contributed by atoms with E-state index in [0.29, 0.717) is 0 Å². The lowest BCUT2D eigenvalue weighted by Gasteiger charge is -2.02. The summed E-state index contributed by atoms with van der Waals surface area (Å²) in [7, 11) is 1.69. The Morgan fingerprint density at radius 1 is 0.870 bits per heavy atom. The van der Waals surface area contributed by atoms with Gasteiger partial charge in [0.25, 0.3) is 0 Å². The van der Waals surface area contributed by atoms with E-state index in [4.69, 9.17) is 9.72 Å². The van der Waals surface area contributed by atoms with E-state index in [0.717, 1.165) is 22.7 Å². The van der Waals surface area contributed by atoms with Gasteiger partial charge in [-0.1, -0.05) is 42.5 Å². The van der Waals surface area contributed by atoms with Gasteiger partial charge in [-0.15, -0.1) is 0 Å². The summed E-state index contributed by atoms with van der Waals surface area (Å²) in [6.45, 7) is 0. The molecule has 0 unspecified atom stereocenters. The molecular formula is C20H14N2O. The molecule has 3 aromatic heterocycles. The molecule has 0 bridgehead atoms. The number of rotatable bonds is 2. The topological polar surface area (TPSA) is 26.5 Å². The highest BCUT2D eigenvalue weighted by Gasteiger charge is 2.18. The number of hydrogen-bond acceptors (Lipinski definition) is 2. The maximum absolute atomic E-state index is 5.37. The van der Waals surface area contributed by atoms with E-state index in [-0.39, 0.29) is 0 Å². The number of nitrogens with zero attached hydrogens (tertiary/aromatic N) is 2. The van der Waals surface area contributed by atoms with E-state index >= 15 is 0 Å². The van der Waals surface area contributed by atoms with Crippen LogP contribution in [0.4, 0.5) is 0 Å². The second-order valence-electron chi connectivity index (χ2n) is 5.69. The Hall–Kier alpha value is -3.07. The van der Waals surface area contributed by atoms with E-state index in [1.807, 2.05) is 18.2 Å². The Balaban J connectivity index is 1.97. The monoisotopic (exact) mass is 298 g/mol. The summed E-state index contributed by atoms with van der Waals surface area (Å²) in [6.07, 6.45) is 0. The van der Waals surface area contributed by atoms with Crippen molar-refractivity contribution in [3.05, 3.63) is 66.7 Å². The van der Waals surface area contributed by atoms with Gasteiger partial charge in [0.2, 0.25) is 0 Å². The van der Waals surface area contributed by atoms with E-state index in [1.165, 1.54) is 21.8 Å². The molecule has 3 nitrogen and oxygen atoms in total. The van der Waals surface area contributed by atoms with Crippen LogP contribution in [0, 0.1) is 0 Å². The number of pyridine rings is 1. The molecule has 110 valence electrons. The van der Waals surface area contributed by atoms with Crippen LogP contribution in [0.1, 0.15) is 0 Å². The lowest BCUT2D eigenvalue weighted by atomic mass is 10.1. The van der Waals surface area contributed by atoms with Gasteiger partial charge in [-0.2, -0.15) is 0 Å². The maximum Gasteiger partial charge on any atom is 0.138 e. The van der Waals surface area contributed by atoms with E-state index < -0.39 is 0 Å². The normalized spacial score (nSPS) is 11.7. The largest absolute Gasteiger partial charge is 0.497 e. The van der Waals surface area contributed by atoms with Gasteiger partial charge in [0.15, 0.2) is 0 Å². The van der Waals surface area contributed by atoms with Crippen molar-refractivity contribution in [1.82, 2.24) is 9.38 Å². The second-order valence-corrected chi connectivity index (χ2v) is 5.69. The third-order valence-corrected chi connectivity index (χ3v) is 4.44. The Morgan fingerprint density at radius 3 is 2.57 bits per heavy atom. The average molecular weight is 298 g/mol. The molecule has 0 saturated heterocycles. The fraction of sp³-hybridized carbons (Fsp3) is 0.0500. The summed E-state index contributed by atoms with van der Waals surface area (Å²) >= 11 is 0. The van der Waals surface area contributed by atoms with Crippen molar-refractivity contribution >= 4 is 27.5 Å². The summed E-state index contributed by atoms with van der Waals surface area (Å²) < 4.78 is 7.62. The standard InChI is InChI=1S/C20H14N2O/c1-23-14-7-4-6-13(12-14)19-20-16-9-3-2-8-15(16)17-10-5-11-18(21-19)22(17)20/h2-12H,1H3. The van der Waals surface area contributed by atoms with Gasteiger partial charge in [-0.05, 0) is 24.3 Å². The van der Waals surface area contributed by atoms with Gasteiger partial charge in [-0.25, -0.2) is 4.98 Å². The first-order valence-corrected chi connectivity index (χ1v) is 7.62. The van der Waals surface area contributed by atoms with Gasteiger partial charge >= 0.3 is 0 Å². The highest BCUT2D eigenvalue weighted by atomic mass is 16.5. The van der Waals surface area contributed by atoms with Crippen LogP contribution in [0.5, 0.6) is 5.75 Å². The number of benzene rings is 2. The van der Waals surface area contributed by atoms with Crippen LogP contribution < -0.4 is 4.74 Å². The van der Waals surface area contributed by atoms with E-state index in [1.54, 1.807) is 7.11 Å². The molecule has 5 aromatic rings. The van der Waals surface area contributed by atoms with Crippen molar-refractivity contribution in [3.8, 4) is 17.0 Å². The summed E-state index contributed by atoms with van der Waals surface area (Å²) in [6, 6.07) is 22.9. The molecule has 23 heavy (non-hydrogen) atoms. The van der Waals surface area contributed by atoms with Crippen LogP contribution in [-0.2, 0) is 0 Å². The van der Waals surface area contributed by atoms with Gasteiger partial charge in [0, 0.05) is 16.3 Å². The quantitative estimate of drug-likeness (QED) is 0.470. The van der Waals surface area contributed by atoms with Crippen molar-refractivity contribution in [1.29, 1.82) is 0 Å². The molecule has 3 heteroatoms. The first-order chi connectivity index (χ1) is 11.4. The van der Waals surface area contributed by atoms with Crippen LogP contribution in [0.25, 0.3) is 38.7 Å². The average Bonchev–Trinajstić information content (AvgIpc) is 3.16. The van der Waals surface area contributed by atoms with Crippen LogP contribution in [-0.4, -0.2) is 16.5 Å². The first kappa shape index (κ1) is 12.5. The van der Waals surface area contributed by atoms with Gasteiger partial charge < -0.3 is 4.74 Å². The molecule has 0 saturated carbocycles. The molecule has 0 amide bonds. The molecule has 0 aliphatic carbocycles. The molecule has 0 fully saturated rings. The zero-order valence-corrected chi connectivity index (χ0v) is 12.7. The summed E-state index contributed by atoms with van der Waals surface area (Å²) in [5, 5.41) is 2.50. The number of fused-ring (bicyclic) bond motifs is 3. The van der Waals surface area contributed by atoms with Gasteiger partial charge in [0.05, 0.1) is 23.8 Å². The minimum absolute atomic E-state index is 0.846. The fourth-order valence-electron chi connectivity index (χ4n) is 3.44.